The molecule has 2 aromatic heterocycles. The standard InChI is InChI=1S/C15H19N5O2.2ClH/c1-10-7-11(2)20(19-10)14-4-3-12(8-17-14)18-15(21)13-9-16-5-6-22-13;;/h3-4,7-8,13,16H,5-6,9H2,1-2H3,(H,18,21);2*1H. The molecule has 2 N–H and O–H groups in total. The summed E-state index contributed by atoms with van der Waals surface area (Å²) < 4.78 is 7.19. The van der Waals surface area contributed by atoms with Crippen LogP contribution in [0.3, 0.4) is 0 Å². The Bertz CT molecular complexity index is 669. The summed E-state index contributed by atoms with van der Waals surface area (Å²) in [7, 11) is 0. The van der Waals surface area contributed by atoms with Gasteiger partial charge in [-0.25, -0.2) is 9.67 Å². The van der Waals surface area contributed by atoms with E-state index in [1.807, 2.05) is 32.0 Å². The Hall–Kier alpha value is -1.67. The molecule has 1 fully saturated rings. The summed E-state index contributed by atoms with van der Waals surface area (Å²) in [5.74, 6) is 0.562. The normalized spacial score (nSPS) is 16.7. The van der Waals surface area contributed by atoms with Gasteiger partial charge < -0.3 is 15.4 Å². The van der Waals surface area contributed by atoms with Crippen LogP contribution in [0.1, 0.15) is 11.4 Å². The zero-order chi connectivity index (χ0) is 15.5. The number of nitrogens with one attached hydrogen (secondary N) is 2. The predicted octanol–water partition coefficient (Wildman–Crippen LogP) is 1.65. The Morgan fingerprint density at radius 3 is 2.71 bits per heavy atom. The second-order valence-electron chi connectivity index (χ2n) is 5.30. The number of aromatic nitrogens is 3. The Balaban J connectivity index is 0.00000144. The van der Waals surface area contributed by atoms with Crippen molar-refractivity contribution in [3.8, 4) is 5.82 Å². The minimum atomic E-state index is -0.454. The van der Waals surface area contributed by atoms with Crippen LogP contribution in [0.15, 0.2) is 24.4 Å². The van der Waals surface area contributed by atoms with Gasteiger partial charge in [-0.2, -0.15) is 5.10 Å². The number of anilines is 1. The molecule has 1 saturated heterocycles. The monoisotopic (exact) mass is 373 g/mol. The Kier molecular flexibility index (Phi) is 7.62. The van der Waals surface area contributed by atoms with Crippen molar-refractivity contribution in [3.63, 3.8) is 0 Å². The molecule has 1 amide bonds. The Morgan fingerprint density at radius 2 is 2.17 bits per heavy atom. The summed E-state index contributed by atoms with van der Waals surface area (Å²) >= 11 is 0. The van der Waals surface area contributed by atoms with E-state index in [-0.39, 0.29) is 30.7 Å². The quantitative estimate of drug-likeness (QED) is 0.854. The van der Waals surface area contributed by atoms with Gasteiger partial charge in [0.05, 0.1) is 24.2 Å². The third kappa shape index (κ3) is 4.67. The van der Waals surface area contributed by atoms with Crippen LogP contribution in [0.5, 0.6) is 0 Å². The summed E-state index contributed by atoms with van der Waals surface area (Å²) in [6.45, 7) is 5.78. The zero-order valence-electron chi connectivity index (χ0n) is 13.5. The second-order valence-corrected chi connectivity index (χ2v) is 5.30. The topological polar surface area (TPSA) is 81.1 Å². The number of morpholine rings is 1. The first-order valence-corrected chi connectivity index (χ1v) is 7.26. The maximum absolute atomic E-state index is 12.1. The number of aryl methyl sites for hydroxylation is 2. The van der Waals surface area contributed by atoms with Crippen molar-refractivity contribution in [1.82, 2.24) is 20.1 Å². The number of hydrogen-bond acceptors (Lipinski definition) is 5. The van der Waals surface area contributed by atoms with Crippen molar-refractivity contribution in [3.05, 3.63) is 35.8 Å². The lowest BCUT2D eigenvalue weighted by Gasteiger charge is -2.22. The predicted molar refractivity (Wildman–Crippen MR) is 96.6 cm³/mol. The summed E-state index contributed by atoms with van der Waals surface area (Å²) in [5, 5.41) is 10.3. The van der Waals surface area contributed by atoms with Crippen LogP contribution in [0.25, 0.3) is 5.82 Å². The molecule has 1 unspecified atom stereocenters. The van der Waals surface area contributed by atoms with Crippen molar-refractivity contribution in [2.75, 3.05) is 25.0 Å². The van der Waals surface area contributed by atoms with Crippen LogP contribution >= 0.6 is 24.8 Å². The number of carbonyl (C=O) groups is 1. The first-order chi connectivity index (χ1) is 10.6. The van der Waals surface area contributed by atoms with E-state index in [1.165, 1.54) is 0 Å². The van der Waals surface area contributed by atoms with Gasteiger partial charge in [0.25, 0.3) is 5.91 Å². The maximum atomic E-state index is 12.1. The van der Waals surface area contributed by atoms with Crippen molar-refractivity contribution in [2.24, 2.45) is 0 Å². The summed E-state index contributed by atoms with van der Waals surface area (Å²) in [6, 6.07) is 5.63. The largest absolute Gasteiger partial charge is 0.366 e. The van der Waals surface area contributed by atoms with Crippen LogP contribution in [0.4, 0.5) is 5.69 Å². The molecule has 2 aromatic rings. The average Bonchev–Trinajstić information content (AvgIpc) is 2.87. The lowest BCUT2D eigenvalue weighted by Crippen LogP contribution is -2.45. The van der Waals surface area contributed by atoms with Crippen LogP contribution in [-0.4, -0.2) is 46.5 Å². The number of nitrogens with zero attached hydrogens (tertiary/aromatic N) is 3. The fourth-order valence-electron chi connectivity index (χ4n) is 2.40. The molecule has 1 aliphatic rings. The van der Waals surface area contributed by atoms with Crippen LogP contribution < -0.4 is 10.6 Å². The number of rotatable bonds is 3. The van der Waals surface area contributed by atoms with Crippen molar-refractivity contribution >= 4 is 36.4 Å². The summed E-state index contributed by atoms with van der Waals surface area (Å²) in [5.41, 5.74) is 2.60. The molecule has 0 aromatic carbocycles. The lowest BCUT2D eigenvalue weighted by atomic mass is 10.3. The van der Waals surface area contributed by atoms with E-state index in [1.54, 1.807) is 10.9 Å². The highest BCUT2D eigenvalue weighted by Gasteiger charge is 2.21. The smallest absolute Gasteiger partial charge is 0.254 e. The van der Waals surface area contributed by atoms with E-state index in [2.05, 4.69) is 20.7 Å². The van der Waals surface area contributed by atoms with Gasteiger partial charge in [0.1, 0.15) is 6.10 Å². The van der Waals surface area contributed by atoms with Gasteiger partial charge in [-0.15, -0.1) is 24.8 Å². The summed E-state index contributed by atoms with van der Waals surface area (Å²) in [6.07, 6.45) is 1.17. The third-order valence-electron chi connectivity index (χ3n) is 3.46. The molecule has 0 aliphatic carbocycles. The van der Waals surface area contributed by atoms with E-state index in [4.69, 9.17) is 4.74 Å². The van der Waals surface area contributed by atoms with Crippen LogP contribution in [-0.2, 0) is 9.53 Å². The second kappa shape index (κ2) is 8.98. The molecule has 24 heavy (non-hydrogen) atoms. The van der Waals surface area contributed by atoms with Gasteiger partial charge in [0.2, 0.25) is 0 Å². The van der Waals surface area contributed by atoms with Gasteiger partial charge >= 0.3 is 0 Å². The molecule has 0 spiro atoms. The highest BCUT2D eigenvalue weighted by atomic mass is 35.5. The molecule has 3 rings (SSSR count). The molecular weight excluding hydrogens is 353 g/mol. The van der Waals surface area contributed by atoms with Crippen molar-refractivity contribution in [2.45, 2.75) is 20.0 Å². The first kappa shape index (κ1) is 20.4. The highest BCUT2D eigenvalue weighted by molar-refractivity contribution is 5.94. The molecule has 1 atom stereocenters. The third-order valence-corrected chi connectivity index (χ3v) is 3.46. The summed E-state index contributed by atoms with van der Waals surface area (Å²) in [4.78, 5) is 16.4. The van der Waals surface area contributed by atoms with Gasteiger partial charge in [-0.05, 0) is 32.0 Å². The number of pyridine rings is 1. The molecule has 0 radical (unpaired) electrons. The number of hydrogen-bond donors (Lipinski definition) is 2. The van der Waals surface area contributed by atoms with Crippen molar-refractivity contribution < 1.29 is 9.53 Å². The Labute approximate surface area is 153 Å². The SMILES string of the molecule is Cc1cc(C)n(-c2ccc(NC(=O)C3CNCCO3)cn2)n1.Cl.Cl. The number of amides is 1. The minimum absolute atomic E-state index is 0. The van der Waals surface area contributed by atoms with Crippen LogP contribution in [0.2, 0.25) is 0 Å². The molecule has 0 bridgehead atoms. The van der Waals surface area contributed by atoms with Crippen molar-refractivity contribution in [1.29, 1.82) is 0 Å². The highest BCUT2D eigenvalue weighted by Crippen LogP contribution is 2.13. The van der Waals surface area contributed by atoms with E-state index in [0.29, 0.717) is 18.8 Å². The minimum Gasteiger partial charge on any atom is -0.366 e. The molecule has 0 saturated carbocycles. The van der Waals surface area contributed by atoms with Gasteiger partial charge in [0, 0.05) is 18.8 Å². The fourth-order valence-corrected chi connectivity index (χ4v) is 2.40. The van der Waals surface area contributed by atoms with E-state index in [0.717, 1.165) is 23.8 Å². The van der Waals surface area contributed by atoms with Gasteiger partial charge in [0.15, 0.2) is 5.82 Å². The number of ether oxygens (including phenoxy) is 1. The molecule has 132 valence electrons. The zero-order valence-corrected chi connectivity index (χ0v) is 15.1. The molecule has 9 heteroatoms. The lowest BCUT2D eigenvalue weighted by molar-refractivity contribution is -0.128. The average molecular weight is 374 g/mol. The molecule has 3 heterocycles. The number of carbonyl (C=O) groups excluding carboxylic acids is 1. The fraction of sp³-hybridized carbons (Fsp3) is 0.400. The maximum Gasteiger partial charge on any atom is 0.254 e. The van der Waals surface area contributed by atoms with Gasteiger partial charge in [-0.1, -0.05) is 0 Å². The Morgan fingerprint density at radius 1 is 1.38 bits per heavy atom. The van der Waals surface area contributed by atoms with Gasteiger partial charge in [-0.3, -0.25) is 4.79 Å². The molecule has 1 aliphatic heterocycles. The molecule has 7 nitrogen and oxygen atoms in total. The van der Waals surface area contributed by atoms with E-state index in [9.17, 15) is 4.79 Å². The van der Waals surface area contributed by atoms with Crippen LogP contribution in [0, 0.1) is 13.8 Å². The van der Waals surface area contributed by atoms with E-state index < -0.39 is 6.10 Å². The van der Waals surface area contributed by atoms with E-state index >= 15 is 0 Å². The number of halogens is 2. The first-order valence-electron chi connectivity index (χ1n) is 7.26. The molecular formula is C15H21Cl2N5O2.